The predicted molar refractivity (Wildman–Crippen MR) is 91.8 cm³/mol. The van der Waals surface area contributed by atoms with Crippen LogP contribution < -0.4 is 0 Å². The second-order valence-electron chi connectivity index (χ2n) is 6.29. The SMILES string of the molecule is COC(=O)CCCCCCCCCCCCC/C=C/CC(F)(F)F. The molecule has 0 aliphatic rings. The normalized spacial score (nSPS) is 12.0. The Hall–Kier alpha value is -1.00. The van der Waals surface area contributed by atoms with Gasteiger partial charge in [0.25, 0.3) is 0 Å². The minimum atomic E-state index is -4.07. The molecule has 0 rings (SSSR count). The summed E-state index contributed by atoms with van der Waals surface area (Å²) in [6, 6.07) is 0. The van der Waals surface area contributed by atoms with Crippen molar-refractivity contribution >= 4 is 5.97 Å². The van der Waals surface area contributed by atoms with Crippen LogP contribution in [0.25, 0.3) is 0 Å². The number of halogens is 3. The number of carbonyl (C=O) groups excluding carboxylic acids is 1. The zero-order valence-corrected chi connectivity index (χ0v) is 15.0. The summed E-state index contributed by atoms with van der Waals surface area (Å²) < 4.78 is 40.3. The first-order chi connectivity index (χ1) is 11.5. The summed E-state index contributed by atoms with van der Waals surface area (Å²) in [7, 11) is 1.42. The number of unbranched alkanes of at least 4 members (excludes halogenated alkanes) is 11. The molecule has 0 aromatic carbocycles. The van der Waals surface area contributed by atoms with Gasteiger partial charge in [-0.05, 0) is 19.3 Å². The second-order valence-corrected chi connectivity index (χ2v) is 6.29. The van der Waals surface area contributed by atoms with Gasteiger partial charge in [0.2, 0.25) is 0 Å². The molecule has 2 nitrogen and oxygen atoms in total. The molecule has 0 aromatic rings. The van der Waals surface area contributed by atoms with Crippen molar-refractivity contribution in [3.63, 3.8) is 0 Å². The molecule has 5 heteroatoms. The first-order valence-corrected chi connectivity index (χ1v) is 9.24. The fourth-order valence-corrected chi connectivity index (χ4v) is 2.56. The largest absolute Gasteiger partial charge is 0.469 e. The van der Waals surface area contributed by atoms with Crippen LogP contribution in [0.1, 0.15) is 89.9 Å². The van der Waals surface area contributed by atoms with Gasteiger partial charge in [0.1, 0.15) is 0 Å². The van der Waals surface area contributed by atoms with Crippen LogP contribution in [-0.4, -0.2) is 19.3 Å². The highest BCUT2D eigenvalue weighted by molar-refractivity contribution is 5.68. The molecule has 0 aliphatic carbocycles. The Morgan fingerprint density at radius 2 is 1.25 bits per heavy atom. The van der Waals surface area contributed by atoms with Crippen molar-refractivity contribution in [1.29, 1.82) is 0 Å². The van der Waals surface area contributed by atoms with Crippen LogP contribution in [0.2, 0.25) is 0 Å². The Balaban J connectivity index is 3.14. The minimum absolute atomic E-state index is 0.120. The van der Waals surface area contributed by atoms with Crippen LogP contribution in [0.15, 0.2) is 12.2 Å². The van der Waals surface area contributed by atoms with Crippen molar-refractivity contribution in [3.8, 4) is 0 Å². The molecule has 0 unspecified atom stereocenters. The van der Waals surface area contributed by atoms with E-state index in [4.69, 9.17) is 0 Å². The van der Waals surface area contributed by atoms with E-state index in [-0.39, 0.29) is 5.97 Å². The van der Waals surface area contributed by atoms with Crippen molar-refractivity contribution in [1.82, 2.24) is 0 Å². The molecule has 0 N–H and O–H groups in total. The average Bonchev–Trinajstić information content (AvgIpc) is 2.53. The van der Waals surface area contributed by atoms with E-state index in [1.54, 1.807) is 6.08 Å². The van der Waals surface area contributed by atoms with Gasteiger partial charge >= 0.3 is 12.1 Å². The topological polar surface area (TPSA) is 26.3 Å². The number of rotatable bonds is 15. The molecule has 0 aliphatic heterocycles. The molecule has 24 heavy (non-hydrogen) atoms. The summed E-state index contributed by atoms with van der Waals surface area (Å²) >= 11 is 0. The highest BCUT2D eigenvalue weighted by Crippen LogP contribution is 2.20. The molecule has 0 amide bonds. The number of carbonyl (C=O) groups is 1. The Labute approximate surface area is 144 Å². The van der Waals surface area contributed by atoms with Gasteiger partial charge in [-0.2, -0.15) is 13.2 Å². The molecule has 0 radical (unpaired) electrons. The van der Waals surface area contributed by atoms with Gasteiger partial charge in [-0.25, -0.2) is 0 Å². The third-order valence-corrected chi connectivity index (χ3v) is 4.00. The molecule has 0 spiro atoms. The van der Waals surface area contributed by atoms with Gasteiger partial charge in [0, 0.05) is 6.42 Å². The van der Waals surface area contributed by atoms with E-state index in [0.717, 1.165) is 32.1 Å². The van der Waals surface area contributed by atoms with Crippen molar-refractivity contribution in [3.05, 3.63) is 12.2 Å². The summed E-state index contributed by atoms with van der Waals surface area (Å²) in [5, 5.41) is 0. The summed E-state index contributed by atoms with van der Waals surface area (Å²) in [5.74, 6) is -0.120. The molecule has 0 saturated heterocycles. The zero-order chi connectivity index (χ0) is 18.1. The van der Waals surface area contributed by atoms with E-state index in [1.165, 1.54) is 58.1 Å². The monoisotopic (exact) mass is 350 g/mol. The lowest BCUT2D eigenvalue weighted by atomic mass is 10.0. The number of alkyl halides is 3. The Kier molecular flexibility index (Phi) is 14.9. The highest BCUT2D eigenvalue weighted by atomic mass is 19.4. The van der Waals surface area contributed by atoms with Gasteiger partial charge in [-0.1, -0.05) is 69.9 Å². The van der Waals surface area contributed by atoms with Gasteiger partial charge in [0.05, 0.1) is 13.5 Å². The van der Waals surface area contributed by atoms with Gasteiger partial charge in [0.15, 0.2) is 0 Å². The van der Waals surface area contributed by atoms with Gasteiger partial charge in [-0.3, -0.25) is 4.79 Å². The fourth-order valence-electron chi connectivity index (χ4n) is 2.56. The number of allylic oxidation sites excluding steroid dienone is 2. The maximum Gasteiger partial charge on any atom is 0.392 e. The molecular weight excluding hydrogens is 317 g/mol. The molecule has 0 fully saturated rings. The van der Waals surface area contributed by atoms with E-state index in [9.17, 15) is 18.0 Å². The average molecular weight is 350 g/mol. The van der Waals surface area contributed by atoms with Gasteiger partial charge < -0.3 is 4.74 Å². The molecule has 0 bridgehead atoms. The minimum Gasteiger partial charge on any atom is -0.469 e. The molecule has 142 valence electrons. The lowest BCUT2D eigenvalue weighted by Crippen LogP contribution is -2.03. The maximum atomic E-state index is 11.9. The predicted octanol–water partition coefficient (Wildman–Crippen LogP) is 6.74. The van der Waals surface area contributed by atoms with Crippen molar-refractivity contribution < 1.29 is 22.7 Å². The molecular formula is C19H33F3O2. The van der Waals surface area contributed by atoms with Crippen LogP contribution in [0.4, 0.5) is 13.2 Å². The summed E-state index contributed by atoms with van der Waals surface area (Å²) in [5.41, 5.74) is 0. The number of esters is 1. The first kappa shape index (κ1) is 23.0. The highest BCUT2D eigenvalue weighted by Gasteiger charge is 2.24. The number of methoxy groups -OCH3 is 1. The number of hydrogen-bond donors (Lipinski definition) is 0. The smallest absolute Gasteiger partial charge is 0.392 e. The van der Waals surface area contributed by atoms with E-state index in [2.05, 4.69) is 4.74 Å². The van der Waals surface area contributed by atoms with E-state index < -0.39 is 12.6 Å². The fraction of sp³-hybridized carbons (Fsp3) is 0.842. The summed E-state index contributed by atoms with van der Waals surface area (Å²) in [6.45, 7) is 0. The van der Waals surface area contributed by atoms with E-state index >= 15 is 0 Å². The summed E-state index contributed by atoms with van der Waals surface area (Å²) in [4.78, 5) is 10.9. The van der Waals surface area contributed by atoms with Crippen molar-refractivity contribution in [2.24, 2.45) is 0 Å². The van der Waals surface area contributed by atoms with Crippen molar-refractivity contribution in [2.75, 3.05) is 7.11 Å². The van der Waals surface area contributed by atoms with Crippen LogP contribution in [0, 0.1) is 0 Å². The Bertz CT molecular complexity index is 325. The number of ether oxygens (including phenoxy) is 1. The van der Waals surface area contributed by atoms with Crippen LogP contribution in [0.3, 0.4) is 0 Å². The van der Waals surface area contributed by atoms with Crippen LogP contribution >= 0.6 is 0 Å². The van der Waals surface area contributed by atoms with Crippen LogP contribution in [0.5, 0.6) is 0 Å². The number of hydrogen-bond acceptors (Lipinski definition) is 2. The molecule has 0 saturated carbocycles. The van der Waals surface area contributed by atoms with Crippen LogP contribution in [-0.2, 0) is 9.53 Å². The maximum absolute atomic E-state index is 11.9. The third kappa shape index (κ3) is 19.0. The Morgan fingerprint density at radius 1 is 0.792 bits per heavy atom. The van der Waals surface area contributed by atoms with E-state index in [1.807, 2.05) is 0 Å². The first-order valence-electron chi connectivity index (χ1n) is 9.24. The quantitative estimate of drug-likeness (QED) is 0.186. The third-order valence-electron chi connectivity index (χ3n) is 4.00. The van der Waals surface area contributed by atoms with Crippen molar-refractivity contribution in [2.45, 2.75) is 96.1 Å². The lowest BCUT2D eigenvalue weighted by Gasteiger charge is -2.03. The molecule has 0 aromatic heterocycles. The standard InChI is InChI=1S/C19H33F3O2/c1-24-18(23)16-14-12-10-8-6-4-2-3-5-7-9-11-13-15-17-19(20,21)22/h13,15H,2-12,14,16-17H2,1H3/b15-13+. The second kappa shape index (κ2) is 15.5. The van der Waals surface area contributed by atoms with E-state index in [0.29, 0.717) is 6.42 Å². The Morgan fingerprint density at radius 3 is 1.71 bits per heavy atom. The zero-order valence-electron chi connectivity index (χ0n) is 15.0. The summed E-state index contributed by atoms with van der Waals surface area (Å²) in [6.07, 6.45) is 11.9. The van der Waals surface area contributed by atoms with Gasteiger partial charge in [-0.15, -0.1) is 0 Å². The lowest BCUT2D eigenvalue weighted by molar-refractivity contribution is -0.140. The molecule has 0 heterocycles. The molecule has 0 atom stereocenters.